The van der Waals surface area contributed by atoms with Gasteiger partial charge in [0.05, 0.1) is 11.1 Å². The van der Waals surface area contributed by atoms with Crippen LogP contribution in [0.15, 0.2) is 130 Å². The van der Waals surface area contributed by atoms with Crippen LogP contribution in [0.2, 0.25) is 0 Å². The van der Waals surface area contributed by atoms with Gasteiger partial charge in [-0.25, -0.2) is 15.0 Å². The first-order valence-electron chi connectivity index (χ1n) is 17.9. The Morgan fingerprint density at radius 2 is 0.911 bits per heavy atom. The van der Waals surface area contributed by atoms with Crippen LogP contribution in [0.3, 0.4) is 0 Å². The lowest BCUT2D eigenvalue weighted by Crippen LogP contribution is -2.55. The molecule has 56 heavy (non-hydrogen) atoms. The molecule has 0 amide bonds. The molecule has 0 saturated heterocycles. The van der Waals surface area contributed by atoms with E-state index in [9.17, 15) is 0 Å². The van der Waals surface area contributed by atoms with Crippen LogP contribution in [-0.4, -0.2) is 54.2 Å². The number of para-hydroxylation sites is 3. The first-order valence-corrected chi connectivity index (χ1v) is 18.7. The van der Waals surface area contributed by atoms with Crippen molar-refractivity contribution < 1.29 is 8.83 Å². The first kappa shape index (κ1) is 33.1. The van der Waals surface area contributed by atoms with Gasteiger partial charge in [0.25, 0.3) is 0 Å². The molecule has 0 aliphatic rings. The molecule has 0 fully saturated rings. The van der Waals surface area contributed by atoms with Gasteiger partial charge in [0.15, 0.2) is 17.5 Å². The molecule has 0 bridgehead atoms. The van der Waals surface area contributed by atoms with Gasteiger partial charge in [0.1, 0.15) is 61.6 Å². The normalized spacial score (nSPS) is 11.9. The van der Waals surface area contributed by atoms with Gasteiger partial charge in [-0.1, -0.05) is 102 Å². The fourth-order valence-corrected chi connectivity index (χ4v) is 9.16. The lowest BCUT2D eigenvalue weighted by atomic mass is 9.60. The van der Waals surface area contributed by atoms with Gasteiger partial charge in [-0.05, 0) is 35.9 Å². The minimum atomic E-state index is 0.0917. The van der Waals surface area contributed by atoms with E-state index in [1.807, 2.05) is 66.7 Å². The van der Waals surface area contributed by atoms with Crippen molar-refractivity contribution in [2.75, 3.05) is 0 Å². The highest BCUT2D eigenvalue weighted by Gasteiger charge is 2.24. The molecule has 10 radical (unpaired) electrons. The molecule has 0 N–H and O–H groups in total. The van der Waals surface area contributed by atoms with E-state index in [4.69, 9.17) is 63.0 Å². The topological polar surface area (TPSA) is 65.0 Å². The van der Waals surface area contributed by atoms with Crippen molar-refractivity contribution >= 4 is 142 Å². The smallest absolute Gasteiger partial charge is 0.167 e. The van der Waals surface area contributed by atoms with Crippen LogP contribution in [0.1, 0.15) is 0 Å². The van der Waals surface area contributed by atoms with E-state index in [-0.39, 0.29) is 38.7 Å². The summed E-state index contributed by atoms with van der Waals surface area (Å²) in [6.07, 6.45) is 0. The fourth-order valence-electron chi connectivity index (χ4n) is 7.93. The number of hydrogen-bond donors (Lipinski definition) is 0. The Morgan fingerprint density at radius 1 is 0.393 bits per heavy atom. The molecule has 0 aliphatic heterocycles. The predicted molar refractivity (Wildman–Crippen MR) is 236 cm³/mol. The van der Waals surface area contributed by atoms with Crippen molar-refractivity contribution in [3.63, 3.8) is 0 Å². The van der Waals surface area contributed by atoms with Gasteiger partial charge in [0.2, 0.25) is 0 Å². The van der Waals surface area contributed by atoms with Crippen LogP contribution in [0.4, 0.5) is 0 Å². The second kappa shape index (κ2) is 12.4. The molecule has 11 rings (SSSR count). The van der Waals surface area contributed by atoms with E-state index in [1.54, 1.807) is 11.3 Å². The number of fused-ring (bicyclic) bond motifs is 9. The van der Waals surface area contributed by atoms with Crippen LogP contribution in [0.25, 0.3) is 109 Å². The summed E-state index contributed by atoms with van der Waals surface area (Å²) in [6, 6.07) is 40.9. The molecule has 248 valence electrons. The second-order valence-corrected chi connectivity index (χ2v) is 14.8. The standard InChI is InChI=1S/C45H20B5N3O2S/c46-35-34(36(47)38(49)39(50)37(35)48)45-52-43(28-15-7-12-24-21-9-1-4-16-30(21)54-40(24)28)51-44(53-45)29-20-19-23(33-27-11-2-5-17-31(27)55-41(29)33)26-14-8-13-25-22-10-3-6-18-32(22)56-42(25)26/h1-20H. The zero-order chi connectivity index (χ0) is 37.8. The maximum absolute atomic E-state index is 6.75. The number of rotatable bonds is 4. The van der Waals surface area contributed by atoms with Crippen LogP contribution in [-0.2, 0) is 0 Å². The first-order chi connectivity index (χ1) is 27.4. The quantitative estimate of drug-likeness (QED) is 0.190. The van der Waals surface area contributed by atoms with E-state index in [0.717, 1.165) is 43.8 Å². The van der Waals surface area contributed by atoms with E-state index < -0.39 is 0 Å². The molecule has 0 spiro atoms. The summed E-state index contributed by atoms with van der Waals surface area (Å²) < 4.78 is 15.6. The number of nitrogens with zero attached hydrogens (tertiary/aromatic N) is 3. The largest absolute Gasteiger partial charge is 0.455 e. The number of benzene rings is 7. The van der Waals surface area contributed by atoms with Gasteiger partial charge >= 0.3 is 0 Å². The van der Waals surface area contributed by atoms with Gasteiger partial charge in [-0.3, -0.25) is 0 Å². The van der Waals surface area contributed by atoms with E-state index in [2.05, 4.69) is 54.6 Å². The highest BCUT2D eigenvalue weighted by Crippen LogP contribution is 2.46. The zero-order valence-electron chi connectivity index (χ0n) is 29.5. The lowest BCUT2D eigenvalue weighted by Gasteiger charge is -2.20. The Bertz CT molecular complexity index is 3430. The van der Waals surface area contributed by atoms with Gasteiger partial charge in [-0.15, -0.1) is 27.7 Å². The number of thiophene rings is 1. The average molecular weight is 721 g/mol. The molecule has 5 nitrogen and oxygen atoms in total. The predicted octanol–water partition coefficient (Wildman–Crippen LogP) is 6.68. The van der Waals surface area contributed by atoms with Crippen molar-refractivity contribution in [2.24, 2.45) is 0 Å². The number of hydrogen-bond acceptors (Lipinski definition) is 6. The van der Waals surface area contributed by atoms with Crippen molar-refractivity contribution in [3.8, 4) is 45.3 Å². The summed E-state index contributed by atoms with van der Waals surface area (Å²) in [7, 11) is 32.2. The molecule has 4 aromatic heterocycles. The van der Waals surface area contributed by atoms with E-state index in [0.29, 0.717) is 33.9 Å². The zero-order valence-corrected chi connectivity index (χ0v) is 30.3. The summed E-state index contributed by atoms with van der Waals surface area (Å²) in [5.74, 6) is 0.808. The minimum absolute atomic E-state index is 0.0917. The summed E-state index contributed by atoms with van der Waals surface area (Å²) in [5, 5.41) is 6.22. The Hall–Kier alpha value is -6.31. The van der Waals surface area contributed by atoms with Gasteiger partial charge in [0, 0.05) is 52.8 Å². The number of aromatic nitrogens is 3. The summed E-state index contributed by atoms with van der Waals surface area (Å²) in [4.78, 5) is 15.1. The van der Waals surface area contributed by atoms with Crippen molar-refractivity contribution in [1.82, 2.24) is 15.0 Å². The van der Waals surface area contributed by atoms with Gasteiger partial charge < -0.3 is 8.83 Å². The Balaban J connectivity index is 1.22. The van der Waals surface area contributed by atoms with Crippen molar-refractivity contribution in [3.05, 3.63) is 121 Å². The number of furan rings is 2. The second-order valence-electron chi connectivity index (χ2n) is 13.8. The third kappa shape index (κ3) is 4.77. The summed E-state index contributed by atoms with van der Waals surface area (Å²) in [6.45, 7) is 0. The Morgan fingerprint density at radius 3 is 1.66 bits per heavy atom. The average Bonchev–Trinajstić information content (AvgIpc) is 3.94. The van der Waals surface area contributed by atoms with Crippen molar-refractivity contribution in [1.29, 1.82) is 0 Å². The molecule has 11 aromatic rings. The molecular weight excluding hydrogens is 701 g/mol. The van der Waals surface area contributed by atoms with Crippen LogP contribution < -0.4 is 27.3 Å². The minimum Gasteiger partial charge on any atom is -0.455 e. The van der Waals surface area contributed by atoms with Gasteiger partial charge in [-0.2, -0.15) is 0 Å². The van der Waals surface area contributed by atoms with E-state index in [1.165, 1.54) is 20.2 Å². The third-order valence-corrected chi connectivity index (χ3v) is 11.9. The molecule has 0 unspecified atom stereocenters. The Labute approximate surface area is 330 Å². The summed E-state index contributed by atoms with van der Waals surface area (Å²) in [5.41, 5.74) is 6.88. The highest BCUT2D eigenvalue weighted by atomic mass is 32.1. The third-order valence-electron chi connectivity index (χ3n) is 10.7. The molecule has 11 heteroatoms. The Kier molecular flexibility index (Phi) is 7.29. The maximum Gasteiger partial charge on any atom is 0.167 e. The lowest BCUT2D eigenvalue weighted by molar-refractivity contribution is 0.669. The fraction of sp³-hybridized carbons (Fsp3) is 0. The molecule has 7 aromatic carbocycles. The monoisotopic (exact) mass is 721 g/mol. The molecule has 0 aliphatic carbocycles. The molecule has 4 heterocycles. The van der Waals surface area contributed by atoms with Crippen LogP contribution >= 0.6 is 11.3 Å². The van der Waals surface area contributed by atoms with Crippen molar-refractivity contribution in [2.45, 2.75) is 0 Å². The van der Waals surface area contributed by atoms with E-state index >= 15 is 0 Å². The molecular formula is C45H20B5N3O2S. The van der Waals surface area contributed by atoms with Crippen LogP contribution in [0.5, 0.6) is 0 Å². The SMILES string of the molecule is [B]c1c([B])c([B])c(-c2nc(-c3cccc4c3oc3ccccc34)nc(-c3ccc(-c4cccc5c4sc4ccccc45)c4c3oc3ccccc34)n2)c([B])c1[B]. The molecule has 0 saturated carbocycles. The maximum atomic E-state index is 6.75. The van der Waals surface area contributed by atoms with Crippen LogP contribution in [0, 0.1) is 0 Å². The summed E-state index contributed by atoms with van der Waals surface area (Å²) >= 11 is 1.78. The highest BCUT2D eigenvalue weighted by molar-refractivity contribution is 7.26. The molecule has 0 atom stereocenters.